The Kier molecular flexibility index (Phi) is 5.33. The summed E-state index contributed by atoms with van der Waals surface area (Å²) in [6.07, 6.45) is 0.901. The fourth-order valence-corrected chi connectivity index (χ4v) is 3.27. The lowest BCUT2D eigenvalue weighted by atomic mass is 10.0. The van der Waals surface area contributed by atoms with Crippen LogP contribution in [0.3, 0.4) is 0 Å². The molecule has 7 heteroatoms. The highest BCUT2D eigenvalue weighted by molar-refractivity contribution is 6.01. The second-order valence-electron chi connectivity index (χ2n) is 6.55. The van der Waals surface area contributed by atoms with Crippen LogP contribution in [0.1, 0.15) is 18.4 Å². The van der Waals surface area contributed by atoms with Crippen molar-refractivity contribution in [3.8, 4) is 0 Å². The molecule has 2 N–H and O–H groups in total. The van der Waals surface area contributed by atoms with Gasteiger partial charge >= 0.3 is 0 Å². The number of nitrogens with zero attached hydrogens (tertiary/aromatic N) is 2. The number of hydrogen-bond donors (Lipinski definition) is 2. The van der Waals surface area contributed by atoms with Crippen LogP contribution in [0.15, 0.2) is 24.3 Å². The molecule has 3 amide bonds. The van der Waals surface area contributed by atoms with Gasteiger partial charge in [-0.3, -0.25) is 19.7 Å². The van der Waals surface area contributed by atoms with Crippen LogP contribution in [0.4, 0.5) is 5.69 Å². The van der Waals surface area contributed by atoms with Gasteiger partial charge < -0.3 is 15.1 Å². The predicted molar refractivity (Wildman–Crippen MR) is 94.2 cm³/mol. The van der Waals surface area contributed by atoms with Gasteiger partial charge in [0.05, 0.1) is 6.42 Å². The van der Waals surface area contributed by atoms with Crippen LogP contribution in [-0.4, -0.2) is 61.9 Å². The molecule has 0 radical (unpaired) electrons. The van der Waals surface area contributed by atoms with Crippen molar-refractivity contribution in [1.82, 2.24) is 15.5 Å². The standard InChI is InChI=1S/C18H24N4O3/c1-21(15-6-7-16(23)20-18(15)25)17(24)12-13-2-4-14(5-3-13)22-10-8-19-9-11-22/h2-5,15,19H,6-12H2,1H3,(H,20,23,25). The maximum atomic E-state index is 12.5. The van der Waals surface area contributed by atoms with Crippen LogP contribution in [0.25, 0.3) is 0 Å². The van der Waals surface area contributed by atoms with Gasteiger partial charge in [-0.25, -0.2) is 0 Å². The molecule has 1 unspecified atom stereocenters. The maximum absolute atomic E-state index is 12.5. The molecule has 0 saturated carbocycles. The van der Waals surface area contributed by atoms with E-state index in [4.69, 9.17) is 0 Å². The van der Waals surface area contributed by atoms with E-state index in [1.165, 1.54) is 4.90 Å². The Labute approximate surface area is 147 Å². The first kappa shape index (κ1) is 17.4. The molecule has 25 heavy (non-hydrogen) atoms. The van der Waals surface area contributed by atoms with E-state index < -0.39 is 6.04 Å². The first-order chi connectivity index (χ1) is 12.0. The Morgan fingerprint density at radius 3 is 2.52 bits per heavy atom. The van der Waals surface area contributed by atoms with Crippen molar-refractivity contribution in [2.75, 3.05) is 38.1 Å². The smallest absolute Gasteiger partial charge is 0.249 e. The van der Waals surface area contributed by atoms with E-state index >= 15 is 0 Å². The first-order valence-electron chi connectivity index (χ1n) is 8.68. The second kappa shape index (κ2) is 7.65. The van der Waals surface area contributed by atoms with E-state index in [0.717, 1.165) is 37.4 Å². The Morgan fingerprint density at radius 1 is 1.20 bits per heavy atom. The fraction of sp³-hybridized carbons (Fsp3) is 0.500. The van der Waals surface area contributed by atoms with E-state index in [-0.39, 0.29) is 30.6 Å². The van der Waals surface area contributed by atoms with Crippen molar-refractivity contribution in [3.63, 3.8) is 0 Å². The van der Waals surface area contributed by atoms with Crippen LogP contribution >= 0.6 is 0 Å². The summed E-state index contributed by atoms with van der Waals surface area (Å²) < 4.78 is 0. The minimum atomic E-state index is -0.565. The SMILES string of the molecule is CN(C(=O)Cc1ccc(N2CCNCC2)cc1)C1CCC(=O)NC1=O. The van der Waals surface area contributed by atoms with Crippen LogP contribution < -0.4 is 15.5 Å². The van der Waals surface area contributed by atoms with Gasteiger partial charge in [-0.05, 0) is 24.1 Å². The number of rotatable bonds is 4. The van der Waals surface area contributed by atoms with Gasteiger partial charge in [-0.15, -0.1) is 0 Å². The molecule has 2 saturated heterocycles. The molecule has 1 atom stereocenters. The molecular formula is C18H24N4O3. The molecule has 2 aliphatic heterocycles. The highest BCUT2D eigenvalue weighted by atomic mass is 16.2. The van der Waals surface area contributed by atoms with E-state index in [2.05, 4.69) is 15.5 Å². The normalized spacial score (nSPS) is 21.0. The van der Waals surface area contributed by atoms with Gasteiger partial charge in [-0.2, -0.15) is 0 Å². The molecule has 0 aliphatic carbocycles. The summed E-state index contributed by atoms with van der Waals surface area (Å²) in [6.45, 7) is 3.93. The summed E-state index contributed by atoms with van der Waals surface area (Å²) in [4.78, 5) is 39.3. The van der Waals surface area contributed by atoms with E-state index in [9.17, 15) is 14.4 Å². The number of carbonyl (C=O) groups is 3. The highest BCUT2D eigenvalue weighted by Gasteiger charge is 2.32. The quantitative estimate of drug-likeness (QED) is 0.746. The summed E-state index contributed by atoms with van der Waals surface area (Å²) in [6, 6.07) is 7.45. The Morgan fingerprint density at radius 2 is 1.88 bits per heavy atom. The average Bonchev–Trinajstić information content (AvgIpc) is 2.62. The number of piperazine rings is 1. The number of likely N-dealkylation sites (N-methyl/N-ethyl adjacent to an activating group) is 1. The summed E-state index contributed by atoms with van der Waals surface area (Å²) >= 11 is 0. The van der Waals surface area contributed by atoms with Gasteiger partial charge in [-0.1, -0.05) is 12.1 Å². The molecule has 1 aromatic carbocycles. The zero-order valence-corrected chi connectivity index (χ0v) is 14.5. The Bertz CT molecular complexity index is 653. The number of benzene rings is 1. The highest BCUT2D eigenvalue weighted by Crippen LogP contribution is 2.17. The molecule has 2 aliphatic rings. The van der Waals surface area contributed by atoms with Gasteiger partial charge in [0.2, 0.25) is 17.7 Å². The summed E-state index contributed by atoms with van der Waals surface area (Å²) in [5.74, 6) is -0.781. The lowest BCUT2D eigenvalue weighted by Gasteiger charge is -2.30. The number of nitrogens with one attached hydrogen (secondary N) is 2. The van der Waals surface area contributed by atoms with E-state index in [1.807, 2.05) is 24.3 Å². The molecule has 134 valence electrons. The van der Waals surface area contributed by atoms with Crippen molar-refractivity contribution in [2.45, 2.75) is 25.3 Å². The molecule has 0 spiro atoms. The van der Waals surface area contributed by atoms with Crippen LogP contribution in [-0.2, 0) is 20.8 Å². The molecule has 1 aromatic rings. The van der Waals surface area contributed by atoms with Gasteiger partial charge in [0.15, 0.2) is 0 Å². The number of carbonyl (C=O) groups excluding carboxylic acids is 3. The third-order valence-electron chi connectivity index (χ3n) is 4.84. The first-order valence-corrected chi connectivity index (χ1v) is 8.68. The topological polar surface area (TPSA) is 81.8 Å². The number of imide groups is 1. The fourth-order valence-electron chi connectivity index (χ4n) is 3.27. The van der Waals surface area contributed by atoms with Crippen LogP contribution in [0, 0.1) is 0 Å². The average molecular weight is 344 g/mol. The Hall–Kier alpha value is -2.41. The zero-order valence-electron chi connectivity index (χ0n) is 14.5. The molecular weight excluding hydrogens is 320 g/mol. The number of anilines is 1. The van der Waals surface area contributed by atoms with Crippen LogP contribution in [0.5, 0.6) is 0 Å². The predicted octanol–water partition coefficient (Wildman–Crippen LogP) is -0.0977. The largest absolute Gasteiger partial charge is 0.369 e. The van der Waals surface area contributed by atoms with E-state index in [0.29, 0.717) is 6.42 Å². The molecule has 3 rings (SSSR count). The van der Waals surface area contributed by atoms with Crippen molar-refractivity contribution >= 4 is 23.4 Å². The number of hydrogen-bond acceptors (Lipinski definition) is 5. The van der Waals surface area contributed by atoms with Gasteiger partial charge in [0.25, 0.3) is 0 Å². The molecule has 0 bridgehead atoms. The maximum Gasteiger partial charge on any atom is 0.249 e. The third-order valence-corrected chi connectivity index (χ3v) is 4.84. The van der Waals surface area contributed by atoms with Crippen molar-refractivity contribution < 1.29 is 14.4 Å². The monoisotopic (exact) mass is 344 g/mol. The summed E-state index contributed by atoms with van der Waals surface area (Å²) in [7, 11) is 1.62. The Balaban J connectivity index is 1.58. The van der Waals surface area contributed by atoms with Crippen molar-refractivity contribution in [1.29, 1.82) is 0 Å². The van der Waals surface area contributed by atoms with Crippen molar-refractivity contribution in [3.05, 3.63) is 29.8 Å². The number of amides is 3. The van der Waals surface area contributed by atoms with Crippen molar-refractivity contribution in [2.24, 2.45) is 0 Å². The molecule has 2 heterocycles. The lowest BCUT2D eigenvalue weighted by Crippen LogP contribution is -2.53. The second-order valence-corrected chi connectivity index (χ2v) is 6.55. The van der Waals surface area contributed by atoms with Gasteiger partial charge in [0, 0.05) is 45.3 Å². The van der Waals surface area contributed by atoms with Crippen LogP contribution in [0.2, 0.25) is 0 Å². The van der Waals surface area contributed by atoms with Gasteiger partial charge in [0.1, 0.15) is 6.04 Å². The molecule has 2 fully saturated rings. The molecule has 7 nitrogen and oxygen atoms in total. The summed E-state index contributed by atoms with van der Waals surface area (Å²) in [5.41, 5.74) is 2.08. The molecule has 0 aromatic heterocycles. The lowest BCUT2D eigenvalue weighted by molar-refractivity contribution is -0.144. The minimum absolute atomic E-state index is 0.121. The third kappa shape index (κ3) is 4.17. The minimum Gasteiger partial charge on any atom is -0.369 e. The zero-order chi connectivity index (χ0) is 17.8. The summed E-state index contributed by atoms with van der Waals surface area (Å²) in [5, 5.41) is 5.62. The number of piperidine rings is 1. The van der Waals surface area contributed by atoms with E-state index in [1.54, 1.807) is 7.05 Å².